The molecule has 0 aliphatic heterocycles. The van der Waals surface area contributed by atoms with Crippen LogP contribution in [0.15, 0.2) is 23.1 Å². The fourth-order valence-electron chi connectivity index (χ4n) is 3.25. The van der Waals surface area contributed by atoms with Gasteiger partial charge in [0.05, 0.1) is 15.2 Å². The van der Waals surface area contributed by atoms with Crippen molar-refractivity contribution in [3.05, 3.63) is 23.2 Å². The molecule has 2 rings (SSSR count). The number of nitrogens with two attached hydrogens (primary N) is 1. The maximum absolute atomic E-state index is 13.0. The van der Waals surface area contributed by atoms with E-state index in [-0.39, 0.29) is 23.6 Å². The van der Waals surface area contributed by atoms with E-state index in [1.54, 1.807) is 6.07 Å². The highest BCUT2D eigenvalue weighted by atomic mass is 35.5. The molecule has 1 aliphatic rings. The van der Waals surface area contributed by atoms with Crippen LogP contribution in [-0.4, -0.2) is 44.4 Å². The fourth-order valence-corrected chi connectivity index (χ4v) is 5.62. The van der Waals surface area contributed by atoms with Crippen LogP contribution < -0.4 is 10.5 Å². The molecule has 1 aliphatic carbocycles. The Hall–Kier alpha value is -2.52. The van der Waals surface area contributed by atoms with Gasteiger partial charge in [0.25, 0.3) is 0 Å². The number of alkyl halides is 3. The molecule has 0 radical (unpaired) electrons. The molecule has 1 saturated carbocycles. The third kappa shape index (κ3) is 5.04. The van der Waals surface area contributed by atoms with Crippen molar-refractivity contribution in [2.45, 2.75) is 48.6 Å². The Bertz CT molecular complexity index is 1020. The van der Waals surface area contributed by atoms with Crippen LogP contribution in [0.3, 0.4) is 0 Å². The summed E-state index contributed by atoms with van der Waals surface area (Å²) in [5.41, 5.74) is 3.42. The molecule has 0 saturated heterocycles. The largest absolute Gasteiger partial charge is 0.481 e. The van der Waals surface area contributed by atoms with Gasteiger partial charge in [-0.3, -0.25) is 9.59 Å². The summed E-state index contributed by atoms with van der Waals surface area (Å²) in [5, 5.41) is 6.93. The van der Waals surface area contributed by atoms with Gasteiger partial charge in [-0.2, -0.15) is 18.4 Å². The summed E-state index contributed by atoms with van der Waals surface area (Å²) < 4.78 is 73.4. The molecule has 3 atom stereocenters. The van der Waals surface area contributed by atoms with Crippen molar-refractivity contribution in [2.75, 3.05) is 6.61 Å². The lowest BCUT2D eigenvalue weighted by Gasteiger charge is -2.23. The quantitative estimate of drug-likeness (QED) is 0.465. The maximum Gasteiger partial charge on any atom is 0.425 e. The first-order valence-electron chi connectivity index (χ1n) is 8.86. The first-order valence-corrected chi connectivity index (χ1v) is 10.8. The number of halogens is 4. The average Bonchev–Trinajstić information content (AvgIpc) is 3.13. The first-order chi connectivity index (χ1) is 14.3. The van der Waals surface area contributed by atoms with Crippen molar-refractivity contribution in [2.24, 2.45) is 11.1 Å². The first kappa shape index (κ1) is 24.7. The van der Waals surface area contributed by atoms with Crippen LogP contribution in [0.25, 0.3) is 0 Å². The Morgan fingerprint density at radius 3 is 2.58 bits per heavy atom. The minimum Gasteiger partial charge on any atom is -0.481 e. The van der Waals surface area contributed by atoms with E-state index in [2.05, 4.69) is 4.74 Å². The zero-order valence-corrected chi connectivity index (χ0v) is 17.7. The summed E-state index contributed by atoms with van der Waals surface area (Å²) in [5.74, 6) is -2.45. The molecule has 0 bridgehead atoms. The summed E-state index contributed by atoms with van der Waals surface area (Å²) >= 11 is 6.00. The molecule has 1 amide bonds. The number of benzene rings is 1. The molecule has 0 unspecified atom stereocenters. The van der Waals surface area contributed by atoms with E-state index in [0.29, 0.717) is 0 Å². The molecule has 2 N–H and O–H groups in total. The number of nitriles is 1. The third-order valence-electron chi connectivity index (χ3n) is 5.02. The second-order valence-corrected chi connectivity index (χ2v) is 9.59. The monoisotopic (exact) mass is 482 g/mol. The second-order valence-electron chi connectivity index (χ2n) is 6.98. The smallest absolute Gasteiger partial charge is 0.425 e. The summed E-state index contributed by atoms with van der Waals surface area (Å²) in [4.78, 5) is 23.8. The van der Waals surface area contributed by atoms with E-state index >= 15 is 0 Å². The number of rotatable bonds is 7. The SMILES string of the molecule is C[C@H](Oc1ccc(S(=O)(=O)[C@H]2CC[C@](C(N)=O)(C(=O)OCC#N)C2)c(Cl)c1)C(F)(F)F. The van der Waals surface area contributed by atoms with E-state index in [9.17, 15) is 31.2 Å². The van der Waals surface area contributed by atoms with Crippen molar-refractivity contribution < 1.29 is 40.7 Å². The van der Waals surface area contributed by atoms with Gasteiger partial charge in [-0.25, -0.2) is 8.42 Å². The van der Waals surface area contributed by atoms with E-state index in [4.69, 9.17) is 27.3 Å². The second kappa shape index (κ2) is 8.92. The molecule has 13 heteroatoms. The van der Waals surface area contributed by atoms with Gasteiger partial charge >= 0.3 is 12.1 Å². The number of hydrogen-bond donors (Lipinski definition) is 1. The van der Waals surface area contributed by atoms with Crippen molar-refractivity contribution >= 4 is 33.3 Å². The Morgan fingerprint density at radius 2 is 2.06 bits per heavy atom. The number of nitrogens with zero attached hydrogens (tertiary/aromatic N) is 1. The van der Waals surface area contributed by atoms with E-state index < -0.39 is 62.6 Å². The highest BCUT2D eigenvalue weighted by molar-refractivity contribution is 7.92. The van der Waals surface area contributed by atoms with Gasteiger partial charge in [-0.15, -0.1) is 0 Å². The third-order valence-corrected chi connectivity index (χ3v) is 7.70. The fraction of sp³-hybridized carbons (Fsp3) is 0.500. The molecule has 0 aromatic heterocycles. The lowest BCUT2D eigenvalue weighted by molar-refractivity contribution is -0.189. The minimum atomic E-state index is -4.63. The van der Waals surface area contributed by atoms with E-state index in [1.807, 2.05) is 0 Å². The minimum absolute atomic E-state index is 0.118. The number of sulfone groups is 1. The molecular formula is C18H18ClF3N2O6S. The van der Waals surface area contributed by atoms with Crippen molar-refractivity contribution in [3.63, 3.8) is 0 Å². The molecule has 8 nitrogen and oxygen atoms in total. The summed E-state index contributed by atoms with van der Waals surface area (Å²) in [7, 11) is -4.19. The van der Waals surface area contributed by atoms with Crippen LogP contribution >= 0.6 is 11.6 Å². The van der Waals surface area contributed by atoms with Gasteiger partial charge in [0.2, 0.25) is 5.91 Å². The van der Waals surface area contributed by atoms with Gasteiger partial charge in [-0.1, -0.05) is 11.6 Å². The number of amides is 1. The van der Waals surface area contributed by atoms with E-state index in [1.165, 1.54) is 0 Å². The Morgan fingerprint density at radius 1 is 1.42 bits per heavy atom. The molecular weight excluding hydrogens is 465 g/mol. The Balaban J connectivity index is 2.29. The van der Waals surface area contributed by atoms with Crippen molar-refractivity contribution in [1.29, 1.82) is 5.26 Å². The molecule has 0 heterocycles. The van der Waals surface area contributed by atoms with Gasteiger partial charge in [0.1, 0.15) is 17.2 Å². The van der Waals surface area contributed by atoms with Crippen LogP contribution in [0.4, 0.5) is 13.2 Å². The zero-order chi connectivity index (χ0) is 23.6. The lowest BCUT2D eigenvalue weighted by atomic mass is 9.85. The average molecular weight is 483 g/mol. The number of carbonyl (C=O) groups is 2. The van der Waals surface area contributed by atoms with E-state index in [0.717, 1.165) is 25.1 Å². The summed E-state index contributed by atoms with van der Waals surface area (Å²) in [6.07, 6.45) is -7.57. The van der Waals surface area contributed by atoms with Crippen molar-refractivity contribution in [1.82, 2.24) is 0 Å². The highest BCUT2D eigenvalue weighted by Crippen LogP contribution is 2.45. The van der Waals surface area contributed by atoms with Crippen LogP contribution in [0, 0.1) is 16.7 Å². The Kier molecular flexibility index (Phi) is 7.12. The molecule has 1 aromatic carbocycles. The molecule has 0 spiro atoms. The number of ether oxygens (including phenoxy) is 2. The van der Waals surface area contributed by atoms with Crippen LogP contribution in [0.1, 0.15) is 26.2 Å². The van der Waals surface area contributed by atoms with Gasteiger partial charge in [0, 0.05) is 6.07 Å². The number of carbonyl (C=O) groups excluding carboxylic acids is 2. The maximum atomic E-state index is 13.0. The van der Waals surface area contributed by atoms with Crippen LogP contribution in [-0.2, 0) is 24.2 Å². The standard InChI is InChI=1S/C18H18ClF3N2O6S/c1-10(18(20,21)22)30-11-2-3-14(13(19)8-11)31(27,28)12-4-5-17(9-12,15(24)25)16(26)29-7-6-23/h2-3,8,10,12H,4-5,7,9H2,1H3,(H2,24,25)/t10-,12-,17-/m0/s1. The van der Waals surface area contributed by atoms with Gasteiger partial charge in [-0.05, 0) is 38.3 Å². The molecule has 1 aromatic rings. The topological polar surface area (TPSA) is 137 Å². The van der Waals surface area contributed by atoms with Crippen molar-refractivity contribution in [3.8, 4) is 11.8 Å². The van der Waals surface area contributed by atoms with Crippen LogP contribution in [0.2, 0.25) is 5.02 Å². The molecule has 170 valence electrons. The number of primary amides is 1. The highest BCUT2D eigenvalue weighted by Gasteiger charge is 2.55. The molecule has 1 fully saturated rings. The summed E-state index contributed by atoms with van der Waals surface area (Å²) in [6.45, 7) is 0.154. The predicted molar refractivity (Wildman–Crippen MR) is 101 cm³/mol. The Labute approximate surface area is 181 Å². The van der Waals surface area contributed by atoms with Gasteiger partial charge < -0.3 is 15.2 Å². The number of esters is 1. The molecule has 31 heavy (non-hydrogen) atoms. The summed E-state index contributed by atoms with van der Waals surface area (Å²) in [6, 6.07) is 4.53. The lowest BCUT2D eigenvalue weighted by Crippen LogP contribution is -2.44. The van der Waals surface area contributed by atoms with Gasteiger partial charge in [0.15, 0.2) is 22.5 Å². The number of hydrogen-bond acceptors (Lipinski definition) is 7. The predicted octanol–water partition coefficient (Wildman–Crippen LogP) is 2.53. The normalized spacial score (nSPS) is 22.4. The van der Waals surface area contributed by atoms with Crippen LogP contribution in [0.5, 0.6) is 5.75 Å². The zero-order valence-electron chi connectivity index (χ0n) is 16.1.